The highest BCUT2D eigenvalue weighted by Gasteiger charge is 2.31. The van der Waals surface area contributed by atoms with Crippen molar-refractivity contribution in [2.45, 2.75) is 13.8 Å². The van der Waals surface area contributed by atoms with Crippen LogP contribution in [0.15, 0.2) is 42.7 Å². The van der Waals surface area contributed by atoms with Crippen LogP contribution < -0.4 is 9.80 Å². The topological polar surface area (TPSA) is 93.2 Å². The zero-order valence-corrected chi connectivity index (χ0v) is 15.8. The normalized spacial score (nSPS) is 14.4. The first-order valence-electron chi connectivity index (χ1n) is 9.12. The Morgan fingerprint density at radius 3 is 2.21 bits per heavy atom. The summed E-state index contributed by atoms with van der Waals surface area (Å²) in [5.41, 5.74) is 2.62. The third-order valence-electron chi connectivity index (χ3n) is 4.88. The number of hydrogen-bond acceptors (Lipinski definition) is 7. The molecule has 3 heterocycles. The average molecular weight is 379 g/mol. The third-order valence-corrected chi connectivity index (χ3v) is 4.88. The lowest BCUT2D eigenvalue weighted by Gasteiger charge is -2.36. The van der Waals surface area contributed by atoms with Crippen molar-refractivity contribution in [2.24, 2.45) is 0 Å². The Morgan fingerprint density at radius 1 is 0.964 bits per heavy atom. The molecule has 0 spiro atoms. The molecule has 0 N–H and O–H groups in total. The van der Waals surface area contributed by atoms with E-state index in [1.165, 1.54) is 11.0 Å². The summed E-state index contributed by atoms with van der Waals surface area (Å²) in [7, 11) is 0. The number of benzene rings is 1. The van der Waals surface area contributed by atoms with E-state index in [9.17, 15) is 10.1 Å². The summed E-state index contributed by atoms with van der Waals surface area (Å²) in [5.74, 6) is 0.543. The first kappa shape index (κ1) is 17.9. The fraction of sp³-hybridized carbons (Fsp3) is 0.316. The standard InChI is InChI=1S/C19H21N7O2/c1-14-12-15(2)25(22-14)19-17(26(27)28)18(20-13-21-19)24-10-8-23(9-11-24)16-6-4-3-5-7-16/h3-7,12-13H,8-11H2,1-2H3. The van der Waals surface area contributed by atoms with Crippen LogP contribution in [0.2, 0.25) is 0 Å². The lowest BCUT2D eigenvalue weighted by atomic mass is 10.2. The van der Waals surface area contributed by atoms with Gasteiger partial charge < -0.3 is 9.80 Å². The molecule has 1 fully saturated rings. The summed E-state index contributed by atoms with van der Waals surface area (Å²) in [4.78, 5) is 24.2. The molecular weight excluding hydrogens is 358 g/mol. The second kappa shape index (κ2) is 7.26. The Morgan fingerprint density at radius 2 is 1.61 bits per heavy atom. The van der Waals surface area contributed by atoms with Crippen LogP contribution in [0.5, 0.6) is 0 Å². The molecule has 1 saturated heterocycles. The van der Waals surface area contributed by atoms with E-state index in [0.717, 1.165) is 30.2 Å². The molecule has 1 aromatic carbocycles. The molecule has 0 atom stereocenters. The van der Waals surface area contributed by atoms with Crippen molar-refractivity contribution < 1.29 is 4.92 Å². The van der Waals surface area contributed by atoms with Crippen LogP contribution >= 0.6 is 0 Å². The predicted molar refractivity (Wildman–Crippen MR) is 106 cm³/mol. The van der Waals surface area contributed by atoms with Crippen LogP contribution in [0, 0.1) is 24.0 Å². The largest absolute Gasteiger partial charge is 0.368 e. The molecule has 0 bridgehead atoms. The number of nitro groups is 1. The summed E-state index contributed by atoms with van der Waals surface area (Å²) in [6.45, 7) is 6.51. The molecule has 0 saturated carbocycles. The van der Waals surface area contributed by atoms with Gasteiger partial charge in [0.25, 0.3) is 0 Å². The van der Waals surface area contributed by atoms with Gasteiger partial charge in [0.2, 0.25) is 11.6 Å². The maximum absolute atomic E-state index is 11.9. The Kier molecular flexibility index (Phi) is 4.64. The predicted octanol–water partition coefficient (Wildman–Crippen LogP) is 2.51. The van der Waals surface area contributed by atoms with Crippen molar-refractivity contribution in [1.29, 1.82) is 0 Å². The number of aryl methyl sites for hydroxylation is 2. The molecule has 1 aliphatic rings. The molecule has 28 heavy (non-hydrogen) atoms. The summed E-state index contributed by atoms with van der Waals surface area (Å²) < 4.78 is 1.51. The van der Waals surface area contributed by atoms with E-state index in [2.05, 4.69) is 32.1 Å². The Hall–Kier alpha value is -3.49. The van der Waals surface area contributed by atoms with Gasteiger partial charge in [-0.1, -0.05) is 18.2 Å². The molecule has 3 aromatic rings. The average Bonchev–Trinajstić information content (AvgIpc) is 3.06. The van der Waals surface area contributed by atoms with Crippen LogP contribution in [-0.4, -0.2) is 50.9 Å². The minimum Gasteiger partial charge on any atom is -0.368 e. The van der Waals surface area contributed by atoms with E-state index < -0.39 is 4.92 Å². The lowest BCUT2D eigenvalue weighted by Crippen LogP contribution is -2.47. The van der Waals surface area contributed by atoms with Gasteiger partial charge in [-0.3, -0.25) is 10.1 Å². The second-order valence-electron chi connectivity index (χ2n) is 6.78. The first-order valence-corrected chi connectivity index (χ1v) is 9.12. The van der Waals surface area contributed by atoms with E-state index >= 15 is 0 Å². The fourth-order valence-electron chi connectivity index (χ4n) is 3.57. The van der Waals surface area contributed by atoms with E-state index in [-0.39, 0.29) is 11.5 Å². The zero-order valence-electron chi connectivity index (χ0n) is 15.8. The number of piperazine rings is 1. The summed E-state index contributed by atoms with van der Waals surface area (Å²) in [5, 5.41) is 16.3. The molecule has 0 aliphatic carbocycles. The molecule has 1 aliphatic heterocycles. The van der Waals surface area contributed by atoms with Gasteiger partial charge in [0.05, 0.1) is 10.6 Å². The van der Waals surface area contributed by atoms with Gasteiger partial charge in [0.15, 0.2) is 0 Å². The summed E-state index contributed by atoms with van der Waals surface area (Å²) in [6, 6.07) is 12.0. The number of rotatable bonds is 4. The van der Waals surface area contributed by atoms with Crippen molar-refractivity contribution in [1.82, 2.24) is 19.7 Å². The molecule has 9 nitrogen and oxygen atoms in total. The van der Waals surface area contributed by atoms with E-state index in [1.807, 2.05) is 43.0 Å². The van der Waals surface area contributed by atoms with Crippen LogP contribution in [0.25, 0.3) is 5.82 Å². The Bertz CT molecular complexity index is 995. The maximum atomic E-state index is 11.9. The van der Waals surface area contributed by atoms with Crippen molar-refractivity contribution >= 4 is 17.2 Å². The highest BCUT2D eigenvalue weighted by Crippen LogP contribution is 2.32. The van der Waals surface area contributed by atoms with Gasteiger partial charge in [-0.2, -0.15) is 5.10 Å². The number of aromatic nitrogens is 4. The molecule has 9 heteroatoms. The van der Waals surface area contributed by atoms with Gasteiger partial charge in [0.1, 0.15) is 6.33 Å². The SMILES string of the molecule is Cc1cc(C)n(-c2ncnc(N3CCN(c4ccccc4)CC3)c2[N+](=O)[O-])n1. The Labute approximate surface area is 162 Å². The smallest absolute Gasteiger partial charge is 0.355 e. The highest BCUT2D eigenvalue weighted by atomic mass is 16.6. The third kappa shape index (κ3) is 3.26. The van der Waals surface area contributed by atoms with Crippen molar-refractivity contribution in [2.75, 3.05) is 36.0 Å². The van der Waals surface area contributed by atoms with E-state index in [1.54, 1.807) is 0 Å². The number of anilines is 2. The number of nitrogens with zero attached hydrogens (tertiary/aromatic N) is 7. The molecule has 0 unspecified atom stereocenters. The van der Waals surface area contributed by atoms with Crippen LogP contribution in [0.4, 0.5) is 17.2 Å². The van der Waals surface area contributed by atoms with E-state index in [0.29, 0.717) is 18.9 Å². The lowest BCUT2D eigenvalue weighted by molar-refractivity contribution is -0.384. The second-order valence-corrected chi connectivity index (χ2v) is 6.78. The number of hydrogen-bond donors (Lipinski definition) is 0. The molecule has 0 radical (unpaired) electrons. The molecule has 0 amide bonds. The molecule has 4 rings (SSSR count). The monoisotopic (exact) mass is 379 g/mol. The van der Waals surface area contributed by atoms with Gasteiger partial charge in [-0.05, 0) is 32.0 Å². The number of para-hydroxylation sites is 1. The van der Waals surface area contributed by atoms with Crippen LogP contribution in [-0.2, 0) is 0 Å². The van der Waals surface area contributed by atoms with Gasteiger partial charge in [-0.15, -0.1) is 0 Å². The first-order chi connectivity index (χ1) is 13.5. The van der Waals surface area contributed by atoms with Crippen LogP contribution in [0.3, 0.4) is 0 Å². The minimum atomic E-state index is -0.412. The van der Waals surface area contributed by atoms with E-state index in [4.69, 9.17) is 0 Å². The highest BCUT2D eigenvalue weighted by molar-refractivity contribution is 5.66. The quantitative estimate of drug-likeness (QED) is 0.508. The van der Waals surface area contributed by atoms with Crippen molar-refractivity contribution in [3.05, 3.63) is 64.2 Å². The molecule has 2 aromatic heterocycles. The van der Waals surface area contributed by atoms with Gasteiger partial charge in [0, 0.05) is 37.6 Å². The minimum absolute atomic E-state index is 0.109. The van der Waals surface area contributed by atoms with Crippen molar-refractivity contribution in [3.8, 4) is 5.82 Å². The molecular formula is C19H21N7O2. The van der Waals surface area contributed by atoms with Crippen LogP contribution in [0.1, 0.15) is 11.4 Å². The Balaban J connectivity index is 1.65. The summed E-state index contributed by atoms with van der Waals surface area (Å²) in [6.07, 6.45) is 1.37. The maximum Gasteiger partial charge on any atom is 0.355 e. The zero-order chi connectivity index (χ0) is 19.7. The fourth-order valence-corrected chi connectivity index (χ4v) is 3.57. The molecule has 144 valence electrons. The van der Waals surface area contributed by atoms with Crippen molar-refractivity contribution in [3.63, 3.8) is 0 Å². The van der Waals surface area contributed by atoms with Gasteiger partial charge >= 0.3 is 5.69 Å². The van der Waals surface area contributed by atoms with Gasteiger partial charge in [-0.25, -0.2) is 14.6 Å². The summed E-state index contributed by atoms with van der Waals surface area (Å²) >= 11 is 0.